The lowest BCUT2D eigenvalue weighted by molar-refractivity contribution is 1.07. The SMILES string of the molecule is Nc1cncc(Sc2cc(Cl)ccc2Cl)n1. The topological polar surface area (TPSA) is 51.8 Å². The second-order valence-corrected chi connectivity index (χ2v) is 4.86. The monoisotopic (exact) mass is 271 g/mol. The van der Waals surface area contributed by atoms with Crippen molar-refractivity contribution in [2.45, 2.75) is 9.92 Å². The van der Waals surface area contributed by atoms with E-state index in [0.29, 0.717) is 20.9 Å². The average Bonchev–Trinajstić information content (AvgIpc) is 2.24. The fourth-order valence-corrected chi connectivity index (χ4v) is 2.39. The summed E-state index contributed by atoms with van der Waals surface area (Å²) in [5, 5.41) is 1.94. The fourth-order valence-electron chi connectivity index (χ4n) is 1.08. The van der Waals surface area contributed by atoms with Gasteiger partial charge in [-0.25, -0.2) is 4.98 Å². The summed E-state index contributed by atoms with van der Waals surface area (Å²) in [5.41, 5.74) is 5.53. The molecule has 0 radical (unpaired) electrons. The van der Waals surface area contributed by atoms with Gasteiger partial charge in [-0.1, -0.05) is 35.0 Å². The molecule has 2 aromatic rings. The Balaban J connectivity index is 2.30. The van der Waals surface area contributed by atoms with E-state index in [1.165, 1.54) is 18.0 Å². The molecule has 0 unspecified atom stereocenters. The highest BCUT2D eigenvalue weighted by Gasteiger charge is 2.05. The van der Waals surface area contributed by atoms with E-state index in [1.54, 1.807) is 24.4 Å². The molecule has 16 heavy (non-hydrogen) atoms. The highest BCUT2D eigenvalue weighted by molar-refractivity contribution is 7.99. The summed E-state index contributed by atoms with van der Waals surface area (Å²) >= 11 is 13.3. The number of aromatic nitrogens is 2. The summed E-state index contributed by atoms with van der Waals surface area (Å²) in [6.07, 6.45) is 3.11. The lowest BCUT2D eigenvalue weighted by Gasteiger charge is -2.03. The molecule has 82 valence electrons. The van der Waals surface area contributed by atoms with E-state index in [0.717, 1.165) is 4.90 Å². The molecule has 0 aliphatic rings. The van der Waals surface area contributed by atoms with Gasteiger partial charge in [0.05, 0.1) is 17.4 Å². The van der Waals surface area contributed by atoms with Gasteiger partial charge in [0.1, 0.15) is 10.8 Å². The fraction of sp³-hybridized carbons (Fsp3) is 0. The Morgan fingerprint density at radius 2 is 2.00 bits per heavy atom. The first-order chi connectivity index (χ1) is 7.65. The summed E-state index contributed by atoms with van der Waals surface area (Å²) in [6, 6.07) is 5.25. The minimum absolute atomic E-state index is 0.378. The van der Waals surface area contributed by atoms with Crippen LogP contribution in [0.15, 0.2) is 40.5 Å². The minimum Gasteiger partial charge on any atom is -0.382 e. The largest absolute Gasteiger partial charge is 0.382 e. The van der Waals surface area contributed by atoms with E-state index in [9.17, 15) is 0 Å². The van der Waals surface area contributed by atoms with Crippen molar-refractivity contribution in [2.24, 2.45) is 0 Å². The first-order valence-electron chi connectivity index (χ1n) is 4.35. The van der Waals surface area contributed by atoms with E-state index in [-0.39, 0.29) is 0 Å². The number of nitrogens with zero attached hydrogens (tertiary/aromatic N) is 2. The smallest absolute Gasteiger partial charge is 0.143 e. The average molecular weight is 272 g/mol. The van der Waals surface area contributed by atoms with Gasteiger partial charge in [0.2, 0.25) is 0 Å². The van der Waals surface area contributed by atoms with Crippen LogP contribution in [0, 0.1) is 0 Å². The van der Waals surface area contributed by atoms with Crippen LogP contribution in [-0.4, -0.2) is 9.97 Å². The van der Waals surface area contributed by atoms with Crippen molar-refractivity contribution in [2.75, 3.05) is 5.73 Å². The van der Waals surface area contributed by atoms with Gasteiger partial charge in [-0.15, -0.1) is 0 Å². The van der Waals surface area contributed by atoms with Crippen LogP contribution in [0.25, 0.3) is 0 Å². The van der Waals surface area contributed by atoms with Crippen molar-refractivity contribution in [3.8, 4) is 0 Å². The molecule has 0 amide bonds. The van der Waals surface area contributed by atoms with E-state index in [2.05, 4.69) is 9.97 Å². The first-order valence-corrected chi connectivity index (χ1v) is 5.93. The van der Waals surface area contributed by atoms with Gasteiger partial charge in [0.15, 0.2) is 0 Å². The molecule has 0 bridgehead atoms. The molecule has 6 heteroatoms. The number of hydrogen-bond donors (Lipinski definition) is 1. The number of anilines is 1. The van der Waals surface area contributed by atoms with E-state index in [1.807, 2.05) is 0 Å². The molecule has 3 nitrogen and oxygen atoms in total. The Labute approximate surface area is 107 Å². The summed E-state index contributed by atoms with van der Waals surface area (Å²) in [5.74, 6) is 0.378. The molecule has 0 saturated carbocycles. The second kappa shape index (κ2) is 4.91. The first kappa shape index (κ1) is 11.5. The highest BCUT2D eigenvalue weighted by atomic mass is 35.5. The van der Waals surface area contributed by atoms with Crippen molar-refractivity contribution in [1.29, 1.82) is 0 Å². The number of rotatable bonds is 2. The number of halogens is 2. The second-order valence-electron chi connectivity index (χ2n) is 2.96. The molecular formula is C10H7Cl2N3S. The van der Waals surface area contributed by atoms with E-state index < -0.39 is 0 Å². The van der Waals surface area contributed by atoms with Crippen LogP contribution in [0.5, 0.6) is 0 Å². The third-order valence-corrected chi connectivity index (χ3v) is 3.38. The van der Waals surface area contributed by atoms with Crippen molar-refractivity contribution in [3.63, 3.8) is 0 Å². The normalized spacial score (nSPS) is 10.4. The van der Waals surface area contributed by atoms with Gasteiger partial charge in [0.25, 0.3) is 0 Å². The molecule has 1 aromatic heterocycles. The number of nitrogens with two attached hydrogens (primary N) is 1. The Kier molecular flexibility index (Phi) is 3.53. The maximum Gasteiger partial charge on any atom is 0.143 e. The van der Waals surface area contributed by atoms with Crippen LogP contribution in [0.3, 0.4) is 0 Å². The molecule has 2 rings (SSSR count). The van der Waals surface area contributed by atoms with Gasteiger partial charge in [-0.2, -0.15) is 0 Å². The maximum absolute atomic E-state index is 6.03. The van der Waals surface area contributed by atoms with Gasteiger partial charge in [0, 0.05) is 9.92 Å². The third-order valence-electron chi connectivity index (χ3n) is 1.74. The summed E-state index contributed by atoms with van der Waals surface area (Å²) in [7, 11) is 0. The van der Waals surface area contributed by atoms with E-state index >= 15 is 0 Å². The molecule has 0 aliphatic heterocycles. The number of nitrogen functional groups attached to an aromatic ring is 1. The zero-order valence-corrected chi connectivity index (χ0v) is 10.4. The molecule has 0 saturated heterocycles. The summed E-state index contributed by atoms with van der Waals surface area (Å²) in [6.45, 7) is 0. The molecule has 0 aliphatic carbocycles. The lowest BCUT2D eigenvalue weighted by Crippen LogP contribution is -1.92. The van der Waals surface area contributed by atoms with Crippen molar-refractivity contribution < 1.29 is 0 Å². The zero-order chi connectivity index (χ0) is 11.5. The third kappa shape index (κ3) is 2.78. The Morgan fingerprint density at radius 3 is 2.75 bits per heavy atom. The highest BCUT2D eigenvalue weighted by Crippen LogP contribution is 2.33. The predicted molar refractivity (Wildman–Crippen MR) is 67.0 cm³/mol. The van der Waals surface area contributed by atoms with Gasteiger partial charge in [-0.3, -0.25) is 4.98 Å². The molecular weight excluding hydrogens is 265 g/mol. The predicted octanol–water partition coefficient (Wildman–Crippen LogP) is 3.52. The molecule has 0 atom stereocenters. The van der Waals surface area contributed by atoms with Crippen LogP contribution < -0.4 is 5.73 Å². The van der Waals surface area contributed by atoms with Crippen molar-refractivity contribution in [3.05, 3.63) is 40.6 Å². The van der Waals surface area contributed by atoms with E-state index in [4.69, 9.17) is 28.9 Å². The minimum atomic E-state index is 0.378. The zero-order valence-electron chi connectivity index (χ0n) is 8.02. The van der Waals surface area contributed by atoms with Gasteiger partial charge in [-0.05, 0) is 18.2 Å². The number of benzene rings is 1. The molecule has 1 heterocycles. The Bertz CT molecular complexity index is 519. The van der Waals surface area contributed by atoms with Crippen LogP contribution >= 0.6 is 35.0 Å². The maximum atomic E-state index is 6.03. The lowest BCUT2D eigenvalue weighted by atomic mass is 10.4. The summed E-state index contributed by atoms with van der Waals surface area (Å²) in [4.78, 5) is 8.89. The van der Waals surface area contributed by atoms with Crippen LogP contribution in [0.2, 0.25) is 10.0 Å². The van der Waals surface area contributed by atoms with Crippen molar-refractivity contribution >= 4 is 40.8 Å². The molecule has 0 fully saturated rings. The standard InChI is InChI=1S/C10H7Cl2N3S/c11-6-1-2-7(12)8(3-6)16-10-5-14-4-9(13)15-10/h1-5H,(H2,13,15). The van der Waals surface area contributed by atoms with Crippen molar-refractivity contribution in [1.82, 2.24) is 9.97 Å². The molecule has 0 spiro atoms. The molecule has 2 N–H and O–H groups in total. The number of hydrogen-bond acceptors (Lipinski definition) is 4. The molecule has 1 aromatic carbocycles. The van der Waals surface area contributed by atoms with Gasteiger partial charge < -0.3 is 5.73 Å². The Morgan fingerprint density at radius 1 is 1.19 bits per heavy atom. The quantitative estimate of drug-likeness (QED) is 0.908. The van der Waals surface area contributed by atoms with Crippen LogP contribution in [0.4, 0.5) is 5.82 Å². The van der Waals surface area contributed by atoms with Gasteiger partial charge >= 0.3 is 0 Å². The summed E-state index contributed by atoms with van der Waals surface area (Å²) < 4.78 is 0. The van der Waals surface area contributed by atoms with Crippen LogP contribution in [0.1, 0.15) is 0 Å². The van der Waals surface area contributed by atoms with Crippen LogP contribution in [-0.2, 0) is 0 Å². The Hall–Kier alpha value is -0.970.